The second-order valence-corrected chi connectivity index (χ2v) is 11.9. The predicted octanol–water partition coefficient (Wildman–Crippen LogP) is 4.86. The van der Waals surface area contributed by atoms with Crippen LogP contribution in [-0.4, -0.2) is 14.7 Å². The van der Waals surface area contributed by atoms with Crippen LogP contribution in [0.25, 0.3) is 0 Å². The standard InChI is InChI=1S/C24H35NOSi/c1-16-17(2)19(4)22(18(16)3)24(23(25)26)15-11-7-10-14-21(24)27(5)20-12-8-6-9-13-20/h6,8-9,12-13,18,21,27H,7,10-11,14-15H2,1-5H3,(H2,25,26). The van der Waals surface area contributed by atoms with Gasteiger partial charge >= 0.3 is 0 Å². The number of carbonyl (C=O) groups excluding carboxylic acids is 1. The van der Waals surface area contributed by atoms with Gasteiger partial charge in [-0.1, -0.05) is 80.2 Å². The average Bonchev–Trinajstić information content (AvgIpc) is 2.84. The molecule has 0 saturated heterocycles. The minimum absolute atomic E-state index is 0.0756. The summed E-state index contributed by atoms with van der Waals surface area (Å²) in [5, 5.41) is 1.46. The van der Waals surface area contributed by atoms with Gasteiger partial charge in [-0.2, -0.15) is 0 Å². The van der Waals surface area contributed by atoms with Crippen LogP contribution in [0.3, 0.4) is 0 Å². The van der Waals surface area contributed by atoms with Crippen molar-refractivity contribution in [3.05, 3.63) is 52.6 Å². The Morgan fingerprint density at radius 3 is 2.30 bits per heavy atom. The monoisotopic (exact) mass is 381 g/mol. The fraction of sp³-hybridized carbons (Fsp3) is 0.542. The Balaban J connectivity index is 2.17. The zero-order valence-electron chi connectivity index (χ0n) is 17.6. The molecule has 0 bridgehead atoms. The zero-order chi connectivity index (χ0) is 19.8. The maximum Gasteiger partial charge on any atom is 0.227 e. The summed E-state index contributed by atoms with van der Waals surface area (Å²) in [5.74, 6) is 0.253. The largest absolute Gasteiger partial charge is 0.369 e. The molecule has 2 N–H and O–H groups in total. The lowest BCUT2D eigenvalue weighted by Gasteiger charge is -2.44. The highest BCUT2D eigenvalue weighted by Crippen LogP contribution is 2.57. The van der Waals surface area contributed by atoms with Crippen LogP contribution in [0.5, 0.6) is 0 Å². The van der Waals surface area contributed by atoms with Crippen LogP contribution >= 0.6 is 0 Å². The number of hydrogen-bond donors (Lipinski definition) is 1. The smallest absolute Gasteiger partial charge is 0.227 e. The molecule has 2 aliphatic rings. The van der Waals surface area contributed by atoms with Crippen molar-refractivity contribution in [2.24, 2.45) is 17.1 Å². The van der Waals surface area contributed by atoms with E-state index in [4.69, 9.17) is 5.73 Å². The van der Waals surface area contributed by atoms with Crippen molar-refractivity contribution in [3.63, 3.8) is 0 Å². The molecule has 1 saturated carbocycles. The predicted molar refractivity (Wildman–Crippen MR) is 118 cm³/mol. The Morgan fingerprint density at radius 1 is 1.07 bits per heavy atom. The number of primary amides is 1. The molecule has 4 unspecified atom stereocenters. The molecule has 0 radical (unpaired) electrons. The molecule has 146 valence electrons. The minimum Gasteiger partial charge on any atom is -0.369 e. The van der Waals surface area contributed by atoms with E-state index in [1.54, 1.807) is 0 Å². The summed E-state index contributed by atoms with van der Waals surface area (Å²) in [6, 6.07) is 10.9. The van der Waals surface area contributed by atoms with Gasteiger partial charge in [0.25, 0.3) is 0 Å². The first-order valence-electron chi connectivity index (χ1n) is 10.6. The summed E-state index contributed by atoms with van der Waals surface area (Å²) in [5.41, 5.74) is 11.7. The summed E-state index contributed by atoms with van der Waals surface area (Å²) in [6.07, 6.45) is 5.60. The van der Waals surface area contributed by atoms with Gasteiger partial charge in [-0.05, 0) is 55.4 Å². The van der Waals surface area contributed by atoms with E-state index < -0.39 is 14.2 Å². The molecular formula is C24H35NOSi. The first-order valence-corrected chi connectivity index (χ1v) is 13.0. The van der Waals surface area contributed by atoms with Gasteiger partial charge in [0.05, 0.1) is 14.2 Å². The molecule has 2 nitrogen and oxygen atoms in total. The number of hydrogen-bond acceptors (Lipinski definition) is 1. The van der Waals surface area contributed by atoms with E-state index in [1.165, 1.54) is 40.3 Å². The van der Waals surface area contributed by atoms with Gasteiger partial charge in [0.1, 0.15) is 0 Å². The van der Waals surface area contributed by atoms with Gasteiger partial charge in [0.15, 0.2) is 0 Å². The van der Waals surface area contributed by atoms with E-state index in [0.717, 1.165) is 19.3 Å². The van der Waals surface area contributed by atoms with Crippen LogP contribution < -0.4 is 10.9 Å². The van der Waals surface area contributed by atoms with Crippen molar-refractivity contribution in [1.29, 1.82) is 0 Å². The Kier molecular flexibility index (Phi) is 5.81. The number of benzene rings is 1. The fourth-order valence-electron chi connectivity index (χ4n) is 5.90. The van der Waals surface area contributed by atoms with Crippen molar-refractivity contribution in [2.45, 2.75) is 71.9 Å². The molecule has 0 spiro atoms. The molecule has 1 aromatic rings. The molecule has 4 atom stereocenters. The van der Waals surface area contributed by atoms with E-state index in [0.29, 0.717) is 11.5 Å². The molecule has 3 heteroatoms. The molecular weight excluding hydrogens is 346 g/mol. The minimum atomic E-state index is -1.36. The van der Waals surface area contributed by atoms with Crippen molar-refractivity contribution < 1.29 is 4.79 Å². The van der Waals surface area contributed by atoms with Crippen LogP contribution in [0.1, 0.15) is 59.8 Å². The SMILES string of the molecule is CC1=C(C)C(C)C(C2(C(N)=O)CCCCCC2[SiH](C)c2ccccc2)=C1C. The lowest BCUT2D eigenvalue weighted by molar-refractivity contribution is -0.126. The van der Waals surface area contributed by atoms with Crippen LogP contribution in [0, 0.1) is 11.3 Å². The lowest BCUT2D eigenvalue weighted by Crippen LogP contribution is -2.50. The van der Waals surface area contributed by atoms with Gasteiger partial charge in [0.2, 0.25) is 5.91 Å². The van der Waals surface area contributed by atoms with Gasteiger partial charge in [-0.3, -0.25) is 4.79 Å². The molecule has 27 heavy (non-hydrogen) atoms. The van der Waals surface area contributed by atoms with Gasteiger partial charge in [0, 0.05) is 0 Å². The lowest BCUT2D eigenvalue weighted by atomic mass is 9.67. The first kappa shape index (κ1) is 20.1. The maximum atomic E-state index is 13.3. The third-order valence-corrected chi connectivity index (χ3v) is 11.3. The molecule has 0 aliphatic heterocycles. The number of nitrogens with two attached hydrogens (primary N) is 1. The van der Waals surface area contributed by atoms with E-state index >= 15 is 0 Å². The van der Waals surface area contributed by atoms with Crippen LogP contribution in [-0.2, 0) is 4.79 Å². The quantitative estimate of drug-likeness (QED) is 0.587. The summed E-state index contributed by atoms with van der Waals surface area (Å²) in [7, 11) is -1.36. The number of rotatable bonds is 4. The average molecular weight is 382 g/mol. The number of carbonyl (C=O) groups is 1. The number of allylic oxidation sites excluding steroid dienone is 3. The van der Waals surface area contributed by atoms with Crippen LogP contribution in [0.4, 0.5) is 0 Å². The Labute approximate surface area is 166 Å². The summed E-state index contributed by atoms with van der Waals surface area (Å²) in [4.78, 5) is 13.3. The third kappa shape index (κ3) is 3.24. The van der Waals surface area contributed by atoms with Gasteiger partial charge in [-0.25, -0.2) is 0 Å². The van der Waals surface area contributed by atoms with Crippen molar-refractivity contribution in [1.82, 2.24) is 0 Å². The summed E-state index contributed by atoms with van der Waals surface area (Å²) in [6.45, 7) is 11.4. The molecule has 0 heterocycles. The molecule has 3 rings (SSSR count). The highest BCUT2D eigenvalue weighted by atomic mass is 28.3. The van der Waals surface area contributed by atoms with E-state index in [9.17, 15) is 4.79 Å². The second kappa shape index (κ2) is 7.79. The molecule has 0 aromatic heterocycles. The highest BCUT2D eigenvalue weighted by molar-refractivity contribution is 6.73. The van der Waals surface area contributed by atoms with Crippen molar-refractivity contribution in [2.75, 3.05) is 0 Å². The Morgan fingerprint density at radius 2 is 1.74 bits per heavy atom. The first-order chi connectivity index (χ1) is 12.8. The number of amides is 1. The van der Waals surface area contributed by atoms with Crippen LogP contribution in [0.2, 0.25) is 12.1 Å². The highest BCUT2D eigenvalue weighted by Gasteiger charge is 2.52. The zero-order valence-corrected chi connectivity index (χ0v) is 18.8. The van der Waals surface area contributed by atoms with E-state index in [-0.39, 0.29) is 5.91 Å². The Hall–Kier alpha value is -1.61. The van der Waals surface area contributed by atoms with Gasteiger partial charge < -0.3 is 5.73 Å². The van der Waals surface area contributed by atoms with Crippen LogP contribution in [0.15, 0.2) is 52.6 Å². The molecule has 1 aromatic carbocycles. The van der Waals surface area contributed by atoms with Crippen molar-refractivity contribution >= 4 is 19.9 Å². The maximum absolute atomic E-state index is 13.3. The molecule has 2 aliphatic carbocycles. The second-order valence-electron chi connectivity index (χ2n) is 8.81. The Bertz CT molecular complexity index is 779. The topological polar surface area (TPSA) is 43.1 Å². The summed E-state index contributed by atoms with van der Waals surface area (Å²) < 4.78 is 0. The molecule has 1 fully saturated rings. The third-order valence-electron chi connectivity index (χ3n) is 7.71. The van der Waals surface area contributed by atoms with Gasteiger partial charge in [-0.15, -0.1) is 0 Å². The fourth-order valence-corrected chi connectivity index (χ4v) is 9.29. The van der Waals surface area contributed by atoms with E-state index in [2.05, 4.69) is 64.6 Å². The summed E-state index contributed by atoms with van der Waals surface area (Å²) >= 11 is 0. The molecule has 1 amide bonds. The van der Waals surface area contributed by atoms with E-state index in [1.807, 2.05) is 0 Å². The normalized spacial score (nSPS) is 30.4. The van der Waals surface area contributed by atoms with Crippen molar-refractivity contribution in [3.8, 4) is 0 Å².